The molecule has 4 heteroatoms. The quantitative estimate of drug-likeness (QED) is 0.654. The normalized spacial score (nSPS) is 11.9. The lowest BCUT2D eigenvalue weighted by molar-refractivity contribution is 0.513. The number of aromatic amines is 1. The van der Waals surface area contributed by atoms with Crippen molar-refractivity contribution in [1.29, 1.82) is 0 Å². The molecular weight excluding hydrogens is 173 g/mol. The highest BCUT2D eigenvalue weighted by Crippen LogP contribution is 2.20. The Labute approximate surface area is 69.9 Å². The molecule has 0 saturated carbocycles. The summed E-state index contributed by atoms with van der Waals surface area (Å²) in [4.78, 5) is 11.8. The molecule has 0 radical (unpaired) electrons. The van der Waals surface area contributed by atoms with Gasteiger partial charge in [0.1, 0.15) is 0 Å². The summed E-state index contributed by atoms with van der Waals surface area (Å²) in [7, 11) is -2.24. The van der Waals surface area contributed by atoms with Crippen LogP contribution < -0.4 is 5.30 Å². The van der Waals surface area contributed by atoms with Crippen LogP contribution in [0.4, 0.5) is 0 Å². The van der Waals surface area contributed by atoms with E-state index in [-0.39, 0.29) is 0 Å². The highest BCUT2D eigenvalue weighted by Gasteiger charge is 2.20. The molecule has 0 fully saturated rings. The summed E-state index contributed by atoms with van der Waals surface area (Å²) < 4.78 is 10.8. The van der Waals surface area contributed by atoms with Gasteiger partial charge < -0.3 is 4.98 Å². The third-order valence-corrected chi connectivity index (χ3v) is 2.56. The van der Waals surface area contributed by atoms with E-state index in [9.17, 15) is 4.57 Å². The molecule has 1 heterocycles. The second-order valence-corrected chi connectivity index (χ2v) is 3.52. The zero-order chi connectivity index (χ0) is 8.55. The van der Waals surface area contributed by atoms with Crippen LogP contribution in [0, 0.1) is 0 Å². The molecule has 3 nitrogen and oxygen atoms in total. The van der Waals surface area contributed by atoms with Gasteiger partial charge in [0, 0.05) is 0 Å². The number of nitrogens with one attached hydrogen (secondary N) is 1. The van der Waals surface area contributed by atoms with Crippen molar-refractivity contribution >= 4 is 24.2 Å². The smallest absolute Gasteiger partial charge is 0.357 e. The summed E-state index contributed by atoms with van der Waals surface area (Å²) in [6, 6.07) is 7.42. The largest absolute Gasteiger partial charge is 0.548 e. The van der Waals surface area contributed by atoms with E-state index in [1.807, 2.05) is 24.3 Å². The third-order valence-electron chi connectivity index (χ3n) is 1.77. The van der Waals surface area contributed by atoms with Crippen LogP contribution in [-0.2, 0) is 4.57 Å². The molecule has 0 aliphatic carbocycles. The summed E-state index contributed by atoms with van der Waals surface area (Å²) in [5, 5.41) is 1.29. The summed E-state index contributed by atoms with van der Waals surface area (Å²) in [6.07, 6.45) is 1.57. The van der Waals surface area contributed by atoms with E-state index < -0.39 is 8.03 Å². The Morgan fingerprint density at radius 1 is 1.33 bits per heavy atom. The molecule has 1 aromatic heterocycles. The maximum Gasteiger partial charge on any atom is 0.548 e. The second kappa shape index (κ2) is 2.70. The predicted molar refractivity (Wildman–Crippen MR) is 47.8 cm³/mol. The summed E-state index contributed by atoms with van der Waals surface area (Å²) >= 11 is 0. The van der Waals surface area contributed by atoms with E-state index in [0.717, 1.165) is 10.9 Å². The summed E-state index contributed by atoms with van der Waals surface area (Å²) in [6.45, 7) is 0. The van der Waals surface area contributed by atoms with Crippen molar-refractivity contribution in [2.45, 2.75) is 0 Å². The van der Waals surface area contributed by atoms with E-state index in [1.54, 1.807) is 6.20 Å². The lowest BCUT2D eigenvalue weighted by atomic mass is 10.2. The fraction of sp³-hybridized carbons (Fsp3) is 0. The molecule has 12 heavy (non-hydrogen) atoms. The molecule has 0 aliphatic rings. The molecule has 0 spiro atoms. The Hall–Kier alpha value is -1.18. The number of benzene rings is 1. The first-order valence-electron chi connectivity index (χ1n) is 3.51. The third kappa shape index (κ3) is 1.04. The van der Waals surface area contributed by atoms with Crippen LogP contribution in [0.2, 0.25) is 0 Å². The Bertz CT molecular complexity index is 435. The highest BCUT2D eigenvalue weighted by molar-refractivity contribution is 7.48. The topological polar surface area (TPSA) is 53.1 Å². The first kappa shape index (κ1) is 7.47. The van der Waals surface area contributed by atoms with Gasteiger partial charge in [0.05, 0.1) is 17.1 Å². The Balaban J connectivity index is 2.79. The fourth-order valence-electron chi connectivity index (χ4n) is 1.21. The number of H-pyrrole nitrogens is 1. The molecule has 0 amide bonds. The standard InChI is InChI=1S/C8H6NO2P/c10-12(11)8-5-9-7-4-2-1-3-6(7)8/h1-5,9H/p+1. The molecule has 60 valence electrons. The molecule has 1 unspecified atom stereocenters. The number of fused-ring (bicyclic) bond motifs is 1. The van der Waals surface area contributed by atoms with Crippen molar-refractivity contribution in [2.75, 3.05) is 0 Å². The van der Waals surface area contributed by atoms with Crippen molar-refractivity contribution in [3.05, 3.63) is 30.5 Å². The van der Waals surface area contributed by atoms with Crippen molar-refractivity contribution in [2.24, 2.45) is 0 Å². The summed E-state index contributed by atoms with van der Waals surface area (Å²) in [5.74, 6) is 0. The van der Waals surface area contributed by atoms with E-state index >= 15 is 0 Å². The lowest BCUT2D eigenvalue weighted by Gasteiger charge is -1.83. The molecule has 1 aromatic carbocycles. The first-order chi connectivity index (χ1) is 5.79. The molecular formula is C8H7NO2P+. The number of para-hydroxylation sites is 1. The Morgan fingerprint density at radius 2 is 2.08 bits per heavy atom. The number of aromatic nitrogens is 1. The van der Waals surface area contributed by atoms with Gasteiger partial charge >= 0.3 is 8.03 Å². The molecule has 0 saturated heterocycles. The Morgan fingerprint density at radius 3 is 2.83 bits per heavy atom. The van der Waals surface area contributed by atoms with Gasteiger partial charge in [-0.15, -0.1) is 0 Å². The van der Waals surface area contributed by atoms with Gasteiger partial charge in [-0.25, -0.2) is 0 Å². The van der Waals surface area contributed by atoms with Crippen LogP contribution in [0.3, 0.4) is 0 Å². The molecule has 0 aliphatic heterocycles. The minimum Gasteiger partial charge on any atom is -0.357 e. The zero-order valence-electron chi connectivity index (χ0n) is 6.19. The van der Waals surface area contributed by atoms with Gasteiger partial charge in [0.25, 0.3) is 0 Å². The van der Waals surface area contributed by atoms with Gasteiger partial charge in [0.15, 0.2) is 0 Å². The van der Waals surface area contributed by atoms with Gasteiger partial charge in [-0.3, -0.25) is 0 Å². The lowest BCUT2D eigenvalue weighted by Crippen LogP contribution is -1.90. The van der Waals surface area contributed by atoms with E-state index in [2.05, 4.69) is 4.98 Å². The SMILES string of the molecule is O=[P+](O)c1c[nH]c2ccccc12. The maximum atomic E-state index is 10.8. The van der Waals surface area contributed by atoms with E-state index in [4.69, 9.17) is 4.89 Å². The van der Waals surface area contributed by atoms with Crippen molar-refractivity contribution < 1.29 is 9.46 Å². The highest BCUT2D eigenvalue weighted by atomic mass is 31.1. The minimum absolute atomic E-state index is 0.473. The Kier molecular flexibility index (Phi) is 1.68. The zero-order valence-corrected chi connectivity index (χ0v) is 7.08. The number of rotatable bonds is 1. The van der Waals surface area contributed by atoms with Crippen molar-refractivity contribution in [1.82, 2.24) is 4.98 Å². The van der Waals surface area contributed by atoms with Crippen LogP contribution >= 0.6 is 8.03 Å². The maximum absolute atomic E-state index is 10.8. The molecule has 0 bridgehead atoms. The first-order valence-corrected chi connectivity index (χ1v) is 4.72. The number of hydrogen-bond donors (Lipinski definition) is 2. The molecule has 2 rings (SSSR count). The summed E-state index contributed by atoms with van der Waals surface area (Å²) in [5.41, 5.74) is 0.893. The predicted octanol–water partition coefficient (Wildman–Crippen LogP) is 1.53. The monoisotopic (exact) mass is 180 g/mol. The van der Waals surface area contributed by atoms with E-state index in [0.29, 0.717) is 5.30 Å². The minimum atomic E-state index is -2.24. The molecule has 1 atom stereocenters. The van der Waals surface area contributed by atoms with Crippen LogP contribution in [0.5, 0.6) is 0 Å². The average molecular weight is 180 g/mol. The molecule has 2 aromatic rings. The molecule has 2 N–H and O–H groups in total. The van der Waals surface area contributed by atoms with Crippen LogP contribution in [-0.4, -0.2) is 9.88 Å². The van der Waals surface area contributed by atoms with Crippen molar-refractivity contribution in [3.63, 3.8) is 0 Å². The van der Waals surface area contributed by atoms with Crippen LogP contribution in [0.1, 0.15) is 0 Å². The van der Waals surface area contributed by atoms with Gasteiger partial charge in [-0.2, -0.15) is 4.89 Å². The fourth-order valence-corrected chi connectivity index (χ4v) is 1.79. The second-order valence-electron chi connectivity index (χ2n) is 2.49. The van der Waals surface area contributed by atoms with Crippen molar-refractivity contribution in [3.8, 4) is 0 Å². The average Bonchev–Trinajstić information content (AvgIpc) is 2.47. The van der Waals surface area contributed by atoms with Gasteiger partial charge in [-0.05, 0) is 16.7 Å². The van der Waals surface area contributed by atoms with Gasteiger partial charge in [-0.1, -0.05) is 12.1 Å². The van der Waals surface area contributed by atoms with Crippen LogP contribution in [0.25, 0.3) is 10.9 Å². The number of hydrogen-bond acceptors (Lipinski definition) is 1. The van der Waals surface area contributed by atoms with Crippen LogP contribution in [0.15, 0.2) is 30.5 Å². The van der Waals surface area contributed by atoms with E-state index in [1.165, 1.54) is 0 Å². The van der Waals surface area contributed by atoms with Gasteiger partial charge in [0.2, 0.25) is 5.30 Å².